The second-order valence-corrected chi connectivity index (χ2v) is 4.92. The molecule has 20 heavy (non-hydrogen) atoms. The molecular weight excluding hydrogens is 350 g/mol. The van der Waals surface area contributed by atoms with Gasteiger partial charge in [-0.2, -0.15) is 13.2 Å². The van der Waals surface area contributed by atoms with E-state index in [-0.39, 0.29) is 11.4 Å². The first kappa shape index (κ1) is 16.4. The van der Waals surface area contributed by atoms with E-state index >= 15 is 0 Å². The number of rotatable bonds is 3. The fourth-order valence-electron chi connectivity index (χ4n) is 1.21. The minimum atomic E-state index is -5.24. The normalized spacial score (nSPS) is 14.5. The van der Waals surface area contributed by atoms with E-state index in [1.54, 1.807) is 0 Å². The van der Waals surface area contributed by atoms with Gasteiger partial charge in [-0.05, 0) is 25.1 Å². The van der Waals surface area contributed by atoms with Gasteiger partial charge in [0.15, 0.2) is 0 Å². The van der Waals surface area contributed by atoms with Crippen LogP contribution in [0.15, 0.2) is 22.7 Å². The molecule has 9 heteroatoms. The minimum absolute atomic E-state index is 0.281. The van der Waals surface area contributed by atoms with Gasteiger partial charge in [-0.1, -0.05) is 15.9 Å². The second kappa shape index (κ2) is 5.39. The Kier molecular flexibility index (Phi) is 4.42. The molecule has 0 aliphatic rings. The highest BCUT2D eigenvalue weighted by atomic mass is 79.9. The van der Waals surface area contributed by atoms with Crippen LogP contribution in [0.25, 0.3) is 0 Å². The Morgan fingerprint density at radius 3 is 2.25 bits per heavy atom. The fourth-order valence-corrected chi connectivity index (χ4v) is 1.55. The minimum Gasteiger partial charge on any atom is -0.479 e. The summed E-state index contributed by atoms with van der Waals surface area (Å²) in [7, 11) is 0. The van der Waals surface area contributed by atoms with Gasteiger partial charge in [0.2, 0.25) is 5.54 Å². The van der Waals surface area contributed by atoms with Crippen molar-refractivity contribution in [2.24, 2.45) is 0 Å². The summed E-state index contributed by atoms with van der Waals surface area (Å²) in [4.78, 5) is 22.4. The molecule has 0 aliphatic carbocycles. The summed E-state index contributed by atoms with van der Waals surface area (Å²) in [5.74, 6) is -4.85. The molecule has 0 fully saturated rings. The Morgan fingerprint density at radius 1 is 1.30 bits per heavy atom. The zero-order chi connectivity index (χ0) is 15.7. The van der Waals surface area contributed by atoms with Gasteiger partial charge in [-0.25, -0.2) is 9.18 Å². The zero-order valence-corrected chi connectivity index (χ0v) is 11.5. The Bertz CT molecular complexity index is 561. The van der Waals surface area contributed by atoms with Gasteiger partial charge in [-0.3, -0.25) is 4.79 Å². The van der Waals surface area contributed by atoms with E-state index in [9.17, 15) is 27.2 Å². The SMILES string of the molecule is CC(NC(=O)c1ccc(Br)cc1F)(C(=O)O)C(F)(F)F. The average Bonchev–Trinajstić information content (AvgIpc) is 2.26. The van der Waals surface area contributed by atoms with Crippen LogP contribution in [0, 0.1) is 5.82 Å². The van der Waals surface area contributed by atoms with Crippen molar-refractivity contribution in [3.63, 3.8) is 0 Å². The van der Waals surface area contributed by atoms with Crippen LogP contribution >= 0.6 is 15.9 Å². The number of alkyl halides is 3. The van der Waals surface area contributed by atoms with Crippen molar-refractivity contribution < 1.29 is 32.3 Å². The molecule has 0 bridgehead atoms. The lowest BCUT2D eigenvalue weighted by atomic mass is 10.0. The predicted molar refractivity (Wildman–Crippen MR) is 63.7 cm³/mol. The summed E-state index contributed by atoms with van der Waals surface area (Å²) in [5.41, 5.74) is -4.20. The van der Waals surface area contributed by atoms with E-state index in [0.29, 0.717) is 0 Å². The van der Waals surface area contributed by atoms with Crippen LogP contribution in [-0.2, 0) is 4.79 Å². The molecule has 1 rings (SSSR count). The largest absolute Gasteiger partial charge is 0.479 e. The van der Waals surface area contributed by atoms with Crippen LogP contribution in [0.4, 0.5) is 17.6 Å². The number of amides is 1. The summed E-state index contributed by atoms with van der Waals surface area (Å²) in [5, 5.41) is 9.93. The van der Waals surface area contributed by atoms with E-state index in [1.165, 1.54) is 11.4 Å². The lowest BCUT2D eigenvalue weighted by Crippen LogP contribution is -2.62. The van der Waals surface area contributed by atoms with Crippen molar-refractivity contribution >= 4 is 27.8 Å². The summed E-state index contributed by atoms with van der Waals surface area (Å²) in [6, 6.07) is 3.05. The molecule has 0 radical (unpaired) electrons. The van der Waals surface area contributed by atoms with Crippen molar-refractivity contribution in [2.75, 3.05) is 0 Å². The number of halogens is 5. The monoisotopic (exact) mass is 357 g/mol. The third kappa shape index (κ3) is 3.09. The van der Waals surface area contributed by atoms with Crippen molar-refractivity contribution in [1.29, 1.82) is 0 Å². The van der Waals surface area contributed by atoms with Crippen LogP contribution < -0.4 is 5.32 Å². The zero-order valence-electron chi connectivity index (χ0n) is 9.89. The Hall–Kier alpha value is -1.64. The molecule has 110 valence electrons. The lowest BCUT2D eigenvalue weighted by molar-refractivity contribution is -0.203. The van der Waals surface area contributed by atoms with Gasteiger partial charge < -0.3 is 10.4 Å². The quantitative estimate of drug-likeness (QED) is 0.817. The topological polar surface area (TPSA) is 66.4 Å². The first-order chi connectivity index (χ1) is 8.99. The van der Waals surface area contributed by atoms with Crippen LogP contribution in [0.5, 0.6) is 0 Å². The molecule has 4 nitrogen and oxygen atoms in total. The van der Waals surface area contributed by atoms with Crippen molar-refractivity contribution in [1.82, 2.24) is 5.32 Å². The van der Waals surface area contributed by atoms with E-state index < -0.39 is 35.0 Å². The van der Waals surface area contributed by atoms with E-state index in [1.807, 2.05) is 0 Å². The van der Waals surface area contributed by atoms with Crippen molar-refractivity contribution in [3.05, 3.63) is 34.1 Å². The average molecular weight is 358 g/mol. The standard InChI is InChI=1S/C11H8BrF4NO3/c1-10(9(19)20,11(14,15)16)17-8(18)6-3-2-5(12)4-7(6)13/h2-4H,1H3,(H,17,18)(H,19,20). The van der Waals surface area contributed by atoms with Gasteiger partial charge in [0.25, 0.3) is 5.91 Å². The van der Waals surface area contributed by atoms with Crippen LogP contribution in [0.3, 0.4) is 0 Å². The summed E-state index contributed by atoms with van der Waals surface area (Å²) in [6.07, 6.45) is -5.24. The number of benzene rings is 1. The van der Waals surface area contributed by atoms with E-state index in [2.05, 4.69) is 15.9 Å². The number of nitrogens with one attached hydrogen (secondary N) is 1. The molecule has 1 unspecified atom stereocenters. The number of carbonyl (C=O) groups excluding carboxylic acids is 1. The molecule has 0 aromatic heterocycles. The highest BCUT2D eigenvalue weighted by Crippen LogP contribution is 2.31. The molecule has 0 spiro atoms. The Balaban J connectivity index is 3.13. The molecule has 2 N–H and O–H groups in total. The number of carboxylic acids is 1. The third-order valence-corrected chi connectivity index (χ3v) is 3.03. The van der Waals surface area contributed by atoms with Crippen molar-refractivity contribution in [2.45, 2.75) is 18.6 Å². The van der Waals surface area contributed by atoms with Crippen LogP contribution in [0.2, 0.25) is 0 Å². The molecule has 0 saturated heterocycles. The molecule has 1 aromatic carbocycles. The molecular formula is C11H8BrF4NO3. The third-order valence-electron chi connectivity index (χ3n) is 2.53. The first-order valence-electron chi connectivity index (χ1n) is 5.06. The van der Waals surface area contributed by atoms with Crippen LogP contribution in [0.1, 0.15) is 17.3 Å². The van der Waals surface area contributed by atoms with Gasteiger partial charge in [0.05, 0.1) is 5.56 Å². The number of hydrogen-bond acceptors (Lipinski definition) is 2. The summed E-state index contributed by atoms with van der Waals surface area (Å²) < 4.78 is 51.8. The highest BCUT2D eigenvalue weighted by molar-refractivity contribution is 9.10. The summed E-state index contributed by atoms with van der Waals surface area (Å²) >= 11 is 2.92. The van der Waals surface area contributed by atoms with Gasteiger partial charge >= 0.3 is 12.1 Å². The van der Waals surface area contributed by atoms with Crippen molar-refractivity contribution in [3.8, 4) is 0 Å². The van der Waals surface area contributed by atoms with Gasteiger partial charge in [0.1, 0.15) is 5.82 Å². The predicted octanol–water partition coefficient (Wildman–Crippen LogP) is 2.72. The van der Waals surface area contributed by atoms with Gasteiger partial charge in [-0.15, -0.1) is 0 Å². The second-order valence-electron chi connectivity index (χ2n) is 4.01. The maximum atomic E-state index is 13.5. The lowest BCUT2D eigenvalue weighted by Gasteiger charge is -2.28. The molecule has 0 aliphatic heterocycles. The van der Waals surface area contributed by atoms with E-state index in [4.69, 9.17) is 5.11 Å². The molecule has 1 aromatic rings. The molecule has 0 heterocycles. The molecule has 1 atom stereocenters. The maximum Gasteiger partial charge on any atom is 0.422 e. The number of hydrogen-bond donors (Lipinski definition) is 2. The Morgan fingerprint density at radius 2 is 1.85 bits per heavy atom. The smallest absolute Gasteiger partial charge is 0.422 e. The highest BCUT2D eigenvalue weighted by Gasteiger charge is 2.58. The number of carboxylic acid groups (broad SMARTS) is 1. The number of aliphatic carboxylic acids is 1. The number of carbonyl (C=O) groups is 2. The van der Waals surface area contributed by atoms with Gasteiger partial charge in [0, 0.05) is 4.47 Å². The fraction of sp³-hybridized carbons (Fsp3) is 0.273. The molecule has 1 amide bonds. The summed E-state index contributed by atoms with van der Waals surface area (Å²) in [6.45, 7) is 0.282. The Labute approximate surface area is 118 Å². The first-order valence-corrected chi connectivity index (χ1v) is 5.86. The molecule has 0 saturated carbocycles. The van der Waals surface area contributed by atoms with E-state index in [0.717, 1.165) is 12.1 Å². The van der Waals surface area contributed by atoms with Crippen LogP contribution in [-0.4, -0.2) is 28.7 Å². The maximum absolute atomic E-state index is 13.5.